The van der Waals surface area contributed by atoms with E-state index in [4.69, 9.17) is 9.15 Å². The van der Waals surface area contributed by atoms with Gasteiger partial charge in [0.05, 0.1) is 19.5 Å². The van der Waals surface area contributed by atoms with Crippen LogP contribution in [0.1, 0.15) is 19.1 Å². The van der Waals surface area contributed by atoms with Gasteiger partial charge in [-0.25, -0.2) is 0 Å². The minimum absolute atomic E-state index is 0.330. The molecule has 2 heterocycles. The van der Waals surface area contributed by atoms with Crippen molar-refractivity contribution in [3.63, 3.8) is 0 Å². The first-order chi connectivity index (χ1) is 7.13. The highest BCUT2D eigenvalue weighted by atomic mass is 16.5. The van der Waals surface area contributed by atoms with Crippen LogP contribution in [0.2, 0.25) is 0 Å². The van der Waals surface area contributed by atoms with E-state index in [1.165, 1.54) is 6.26 Å². The predicted octanol–water partition coefficient (Wildman–Crippen LogP) is 1.66. The Bertz CT molecular complexity index is 339. The molecular weight excluding hydrogens is 196 g/mol. The van der Waals surface area contributed by atoms with Gasteiger partial charge in [-0.15, -0.1) is 0 Å². The summed E-state index contributed by atoms with van der Waals surface area (Å²) >= 11 is 0. The van der Waals surface area contributed by atoms with Gasteiger partial charge in [-0.05, 0) is 25.5 Å². The Morgan fingerprint density at radius 1 is 1.67 bits per heavy atom. The molecule has 1 aromatic heterocycles. The zero-order chi connectivity index (χ0) is 10.9. The largest absolute Gasteiger partial charge is 0.480 e. The first-order valence-corrected chi connectivity index (χ1v) is 4.98. The molecule has 1 unspecified atom stereocenters. The highest BCUT2D eigenvalue weighted by Crippen LogP contribution is 2.34. The summed E-state index contributed by atoms with van der Waals surface area (Å²) in [5.41, 5.74) is -0.933. The predicted molar refractivity (Wildman–Crippen MR) is 52.6 cm³/mol. The van der Waals surface area contributed by atoms with Gasteiger partial charge in [0.25, 0.3) is 0 Å². The minimum Gasteiger partial charge on any atom is -0.480 e. The third kappa shape index (κ3) is 1.77. The van der Waals surface area contributed by atoms with Crippen molar-refractivity contribution >= 4 is 5.97 Å². The number of aliphatic carboxylic acids is 1. The highest BCUT2D eigenvalue weighted by molar-refractivity contribution is 5.79. The Morgan fingerprint density at radius 2 is 2.40 bits per heavy atom. The first kappa shape index (κ1) is 10.2. The lowest BCUT2D eigenvalue weighted by molar-refractivity contribution is -0.146. The van der Waals surface area contributed by atoms with Crippen LogP contribution in [0.5, 0.6) is 0 Å². The molecule has 0 aromatic carbocycles. The molecule has 82 valence electrons. The lowest BCUT2D eigenvalue weighted by Gasteiger charge is -2.32. The standard InChI is InChI=1S/C11H14O4/c1-11(10(12)13,5-8-6-14-7-8)9-3-2-4-15-9/h2-4,8H,5-7H2,1H3,(H,12,13). The Kier molecular flexibility index (Phi) is 2.52. The van der Waals surface area contributed by atoms with Gasteiger partial charge in [0.15, 0.2) is 0 Å². The van der Waals surface area contributed by atoms with Crippen LogP contribution in [0.4, 0.5) is 0 Å². The van der Waals surface area contributed by atoms with Crippen molar-refractivity contribution < 1.29 is 19.1 Å². The van der Waals surface area contributed by atoms with Crippen molar-refractivity contribution in [1.29, 1.82) is 0 Å². The van der Waals surface area contributed by atoms with Crippen LogP contribution in [-0.4, -0.2) is 24.3 Å². The van der Waals surface area contributed by atoms with Gasteiger partial charge in [0, 0.05) is 5.92 Å². The fourth-order valence-electron chi connectivity index (χ4n) is 1.87. The maximum Gasteiger partial charge on any atom is 0.317 e. The van der Waals surface area contributed by atoms with E-state index < -0.39 is 11.4 Å². The van der Waals surface area contributed by atoms with E-state index in [0.29, 0.717) is 31.3 Å². The Hall–Kier alpha value is -1.29. The topological polar surface area (TPSA) is 59.7 Å². The zero-order valence-corrected chi connectivity index (χ0v) is 8.60. The molecule has 15 heavy (non-hydrogen) atoms. The van der Waals surface area contributed by atoms with Crippen LogP contribution in [0.15, 0.2) is 22.8 Å². The molecule has 1 saturated heterocycles. The van der Waals surface area contributed by atoms with Gasteiger partial charge in [-0.2, -0.15) is 0 Å². The van der Waals surface area contributed by atoms with Crippen molar-refractivity contribution in [2.45, 2.75) is 18.8 Å². The molecule has 1 fully saturated rings. The molecule has 2 rings (SSSR count). The molecule has 0 amide bonds. The third-order valence-corrected chi connectivity index (χ3v) is 2.94. The maximum absolute atomic E-state index is 11.3. The summed E-state index contributed by atoms with van der Waals surface area (Å²) in [7, 11) is 0. The van der Waals surface area contributed by atoms with E-state index in [2.05, 4.69) is 0 Å². The number of hydrogen-bond donors (Lipinski definition) is 1. The molecule has 0 bridgehead atoms. The molecule has 0 spiro atoms. The zero-order valence-electron chi connectivity index (χ0n) is 8.60. The van der Waals surface area contributed by atoms with Gasteiger partial charge >= 0.3 is 5.97 Å². The number of hydrogen-bond acceptors (Lipinski definition) is 3. The number of furan rings is 1. The lowest BCUT2D eigenvalue weighted by atomic mass is 9.78. The molecule has 4 heteroatoms. The van der Waals surface area contributed by atoms with Gasteiger partial charge < -0.3 is 14.3 Å². The van der Waals surface area contributed by atoms with Gasteiger partial charge in [-0.1, -0.05) is 0 Å². The van der Waals surface area contributed by atoms with E-state index in [1.807, 2.05) is 0 Å². The van der Waals surface area contributed by atoms with Crippen molar-refractivity contribution in [1.82, 2.24) is 0 Å². The van der Waals surface area contributed by atoms with E-state index in [9.17, 15) is 9.90 Å². The molecule has 1 aliphatic heterocycles. The monoisotopic (exact) mass is 210 g/mol. The van der Waals surface area contributed by atoms with Crippen molar-refractivity contribution in [2.24, 2.45) is 5.92 Å². The smallest absolute Gasteiger partial charge is 0.317 e. The molecule has 1 N–H and O–H groups in total. The molecule has 0 saturated carbocycles. The summed E-state index contributed by atoms with van der Waals surface area (Å²) in [6.07, 6.45) is 2.07. The normalized spacial score (nSPS) is 20.6. The molecule has 4 nitrogen and oxygen atoms in total. The first-order valence-electron chi connectivity index (χ1n) is 4.98. The van der Waals surface area contributed by atoms with E-state index in [0.717, 1.165) is 0 Å². The highest BCUT2D eigenvalue weighted by Gasteiger charge is 2.41. The second-order valence-corrected chi connectivity index (χ2v) is 4.22. The molecule has 0 aliphatic carbocycles. The maximum atomic E-state index is 11.3. The van der Waals surface area contributed by atoms with Gasteiger partial charge in [0.2, 0.25) is 0 Å². The number of carboxylic acids is 1. The lowest BCUT2D eigenvalue weighted by Crippen LogP contribution is -2.40. The summed E-state index contributed by atoms with van der Waals surface area (Å²) in [5, 5.41) is 9.27. The van der Waals surface area contributed by atoms with Crippen molar-refractivity contribution in [2.75, 3.05) is 13.2 Å². The van der Waals surface area contributed by atoms with Gasteiger partial charge in [-0.3, -0.25) is 4.79 Å². The summed E-state index contributed by atoms with van der Waals surface area (Å²) in [6.45, 7) is 3.01. The molecular formula is C11H14O4. The van der Waals surface area contributed by atoms with Crippen LogP contribution < -0.4 is 0 Å². The van der Waals surface area contributed by atoms with E-state index >= 15 is 0 Å². The van der Waals surface area contributed by atoms with Crippen LogP contribution in [0.3, 0.4) is 0 Å². The van der Waals surface area contributed by atoms with Crippen LogP contribution in [-0.2, 0) is 14.9 Å². The van der Waals surface area contributed by atoms with Crippen LogP contribution >= 0.6 is 0 Å². The Balaban J connectivity index is 2.19. The summed E-state index contributed by atoms with van der Waals surface area (Å²) in [5.74, 6) is 0.00227. The number of carbonyl (C=O) groups is 1. The number of carboxylic acid groups (broad SMARTS) is 1. The Morgan fingerprint density at radius 3 is 2.80 bits per heavy atom. The second-order valence-electron chi connectivity index (χ2n) is 4.22. The number of rotatable bonds is 4. The van der Waals surface area contributed by atoms with Crippen molar-refractivity contribution in [3.8, 4) is 0 Å². The summed E-state index contributed by atoms with van der Waals surface area (Å²) in [4.78, 5) is 11.3. The minimum atomic E-state index is -0.933. The summed E-state index contributed by atoms with van der Waals surface area (Å²) < 4.78 is 10.3. The van der Waals surface area contributed by atoms with Crippen molar-refractivity contribution in [3.05, 3.63) is 24.2 Å². The fraction of sp³-hybridized carbons (Fsp3) is 0.545. The summed E-state index contributed by atoms with van der Waals surface area (Å²) in [6, 6.07) is 3.43. The van der Waals surface area contributed by atoms with E-state index in [1.54, 1.807) is 19.1 Å². The number of ether oxygens (including phenoxy) is 1. The van der Waals surface area contributed by atoms with Gasteiger partial charge in [0.1, 0.15) is 11.2 Å². The second kappa shape index (κ2) is 3.70. The fourth-order valence-corrected chi connectivity index (χ4v) is 1.87. The molecule has 1 aromatic rings. The average molecular weight is 210 g/mol. The quantitative estimate of drug-likeness (QED) is 0.821. The van der Waals surface area contributed by atoms with E-state index in [-0.39, 0.29) is 0 Å². The Labute approximate surface area is 87.8 Å². The molecule has 0 radical (unpaired) electrons. The van der Waals surface area contributed by atoms with Crippen LogP contribution in [0.25, 0.3) is 0 Å². The average Bonchev–Trinajstić information content (AvgIpc) is 2.63. The SMILES string of the molecule is CC(CC1COC1)(C(=O)O)c1ccco1. The molecule has 1 aliphatic rings. The van der Waals surface area contributed by atoms with Crippen LogP contribution in [0, 0.1) is 5.92 Å². The third-order valence-electron chi connectivity index (χ3n) is 2.94. The molecule has 1 atom stereocenters.